The Morgan fingerprint density at radius 1 is 1.15 bits per heavy atom. The van der Waals surface area contributed by atoms with Crippen molar-refractivity contribution in [2.24, 2.45) is 0 Å². The van der Waals surface area contributed by atoms with Crippen molar-refractivity contribution in [1.29, 1.82) is 0 Å². The Hall–Kier alpha value is -1.53. The highest BCUT2D eigenvalue weighted by Gasteiger charge is 2.10. The van der Waals surface area contributed by atoms with Crippen LogP contribution in [-0.4, -0.2) is 13.0 Å². The molecule has 0 saturated carbocycles. The number of nitrogens with one attached hydrogen (secondary N) is 1. The number of carbonyl (C=O) groups excluding carboxylic acids is 1. The van der Waals surface area contributed by atoms with E-state index in [-0.39, 0.29) is 5.91 Å². The monoisotopic (exact) mass is 398 g/mol. The fourth-order valence-electron chi connectivity index (χ4n) is 1.65. The number of anilines is 2. The van der Waals surface area contributed by atoms with Crippen molar-refractivity contribution >= 4 is 49.1 Å². The molecule has 0 aliphatic carbocycles. The minimum absolute atomic E-state index is 0.244. The molecular weight excluding hydrogens is 388 g/mol. The third-order valence-electron chi connectivity index (χ3n) is 2.63. The highest BCUT2D eigenvalue weighted by atomic mass is 79.9. The first-order valence-corrected chi connectivity index (χ1v) is 7.29. The van der Waals surface area contributed by atoms with Crippen molar-refractivity contribution in [3.05, 3.63) is 50.9 Å². The second-order valence-electron chi connectivity index (χ2n) is 4.07. The Balaban J connectivity index is 2.27. The molecule has 1 amide bonds. The number of ether oxygens (including phenoxy) is 1. The highest BCUT2D eigenvalue weighted by molar-refractivity contribution is 9.11. The summed E-state index contributed by atoms with van der Waals surface area (Å²) in [6.07, 6.45) is 0. The van der Waals surface area contributed by atoms with Gasteiger partial charge in [0, 0.05) is 20.6 Å². The van der Waals surface area contributed by atoms with Gasteiger partial charge in [-0.15, -0.1) is 0 Å². The lowest BCUT2D eigenvalue weighted by atomic mass is 10.2. The number of benzene rings is 2. The van der Waals surface area contributed by atoms with Crippen LogP contribution in [-0.2, 0) is 0 Å². The predicted octanol–water partition coefficient (Wildman–Crippen LogP) is 4.05. The Bertz CT molecular complexity index is 639. The van der Waals surface area contributed by atoms with Gasteiger partial charge in [0.1, 0.15) is 5.75 Å². The predicted molar refractivity (Wildman–Crippen MR) is 87.2 cm³/mol. The molecule has 0 aliphatic heterocycles. The minimum atomic E-state index is -0.244. The van der Waals surface area contributed by atoms with Crippen LogP contribution in [0.2, 0.25) is 0 Å². The Labute approximate surface area is 133 Å². The maximum Gasteiger partial charge on any atom is 0.255 e. The number of halogens is 2. The van der Waals surface area contributed by atoms with E-state index in [1.54, 1.807) is 37.4 Å². The molecular formula is C14H12Br2N2O2. The number of nitrogens with two attached hydrogens (primary N) is 1. The van der Waals surface area contributed by atoms with Crippen LogP contribution in [0.3, 0.4) is 0 Å². The van der Waals surface area contributed by atoms with Gasteiger partial charge in [0.25, 0.3) is 5.91 Å². The van der Waals surface area contributed by atoms with E-state index < -0.39 is 0 Å². The molecule has 0 bridgehead atoms. The van der Waals surface area contributed by atoms with Gasteiger partial charge in [-0.3, -0.25) is 4.79 Å². The van der Waals surface area contributed by atoms with Crippen LogP contribution in [0, 0.1) is 0 Å². The molecule has 0 aliphatic rings. The summed E-state index contributed by atoms with van der Waals surface area (Å²) < 4.78 is 6.74. The number of hydrogen-bond acceptors (Lipinski definition) is 3. The molecule has 2 aromatic rings. The molecule has 0 saturated heterocycles. The number of nitrogen functional groups attached to an aromatic ring is 1. The molecule has 0 fully saturated rings. The Morgan fingerprint density at radius 3 is 2.40 bits per heavy atom. The molecule has 3 N–H and O–H groups in total. The lowest BCUT2D eigenvalue weighted by molar-refractivity contribution is 0.102. The number of hydrogen-bond donors (Lipinski definition) is 2. The van der Waals surface area contributed by atoms with Gasteiger partial charge in [-0.25, -0.2) is 0 Å². The van der Waals surface area contributed by atoms with Crippen LogP contribution < -0.4 is 15.8 Å². The van der Waals surface area contributed by atoms with Gasteiger partial charge in [-0.1, -0.05) is 31.9 Å². The SMILES string of the molecule is COc1ccc(N)c(NC(=O)c2cc(Br)cc(Br)c2)c1. The summed E-state index contributed by atoms with van der Waals surface area (Å²) in [5.41, 5.74) is 7.36. The number of methoxy groups -OCH3 is 1. The molecule has 0 aromatic heterocycles. The first kappa shape index (κ1) is 14.9. The van der Waals surface area contributed by atoms with Gasteiger partial charge in [0.2, 0.25) is 0 Å². The van der Waals surface area contributed by atoms with E-state index in [9.17, 15) is 4.79 Å². The zero-order chi connectivity index (χ0) is 14.7. The van der Waals surface area contributed by atoms with Crippen molar-refractivity contribution in [3.8, 4) is 5.75 Å². The summed E-state index contributed by atoms with van der Waals surface area (Å²) in [7, 11) is 1.56. The van der Waals surface area contributed by atoms with Gasteiger partial charge >= 0.3 is 0 Å². The molecule has 4 nitrogen and oxygen atoms in total. The molecule has 20 heavy (non-hydrogen) atoms. The van der Waals surface area contributed by atoms with Gasteiger partial charge in [-0.2, -0.15) is 0 Å². The summed E-state index contributed by atoms with van der Waals surface area (Å²) in [6, 6.07) is 10.4. The standard InChI is InChI=1S/C14H12Br2N2O2/c1-20-11-2-3-12(17)13(7-11)18-14(19)8-4-9(15)6-10(16)5-8/h2-7H,17H2,1H3,(H,18,19). The summed E-state index contributed by atoms with van der Waals surface area (Å²) in [5.74, 6) is 0.386. The van der Waals surface area contributed by atoms with E-state index in [4.69, 9.17) is 10.5 Å². The molecule has 0 radical (unpaired) electrons. The lowest BCUT2D eigenvalue weighted by Crippen LogP contribution is -2.13. The van der Waals surface area contributed by atoms with E-state index in [2.05, 4.69) is 37.2 Å². The quantitative estimate of drug-likeness (QED) is 0.765. The fraction of sp³-hybridized carbons (Fsp3) is 0.0714. The summed E-state index contributed by atoms with van der Waals surface area (Å²) in [6.45, 7) is 0. The topological polar surface area (TPSA) is 64.3 Å². The fourth-order valence-corrected chi connectivity index (χ4v) is 2.94. The maximum absolute atomic E-state index is 12.2. The van der Waals surface area contributed by atoms with Crippen molar-refractivity contribution < 1.29 is 9.53 Å². The number of rotatable bonds is 3. The summed E-state index contributed by atoms with van der Waals surface area (Å²) in [4.78, 5) is 12.2. The van der Waals surface area contributed by atoms with Crippen LogP contribution in [0.25, 0.3) is 0 Å². The van der Waals surface area contributed by atoms with Crippen molar-refractivity contribution in [2.75, 3.05) is 18.2 Å². The molecule has 0 heterocycles. The molecule has 0 unspecified atom stereocenters. The number of carbonyl (C=O) groups is 1. The van der Waals surface area contributed by atoms with Crippen LogP contribution in [0.1, 0.15) is 10.4 Å². The second-order valence-corrected chi connectivity index (χ2v) is 5.90. The zero-order valence-electron chi connectivity index (χ0n) is 10.6. The van der Waals surface area contributed by atoms with E-state index in [0.717, 1.165) is 8.95 Å². The summed E-state index contributed by atoms with van der Waals surface area (Å²) in [5, 5.41) is 2.77. The molecule has 2 rings (SSSR count). The van der Waals surface area contributed by atoms with E-state index in [0.29, 0.717) is 22.7 Å². The largest absolute Gasteiger partial charge is 0.497 e. The molecule has 104 valence electrons. The van der Waals surface area contributed by atoms with Crippen molar-refractivity contribution in [2.45, 2.75) is 0 Å². The first-order chi connectivity index (χ1) is 9.49. The van der Waals surface area contributed by atoms with E-state index in [1.807, 2.05) is 6.07 Å². The Morgan fingerprint density at radius 2 is 1.80 bits per heavy atom. The minimum Gasteiger partial charge on any atom is -0.497 e. The van der Waals surface area contributed by atoms with E-state index in [1.165, 1.54) is 0 Å². The lowest BCUT2D eigenvalue weighted by Gasteiger charge is -2.10. The second kappa shape index (κ2) is 6.28. The zero-order valence-corrected chi connectivity index (χ0v) is 13.8. The van der Waals surface area contributed by atoms with E-state index >= 15 is 0 Å². The van der Waals surface area contributed by atoms with Crippen LogP contribution in [0.15, 0.2) is 45.3 Å². The Kier molecular flexibility index (Phi) is 4.67. The molecule has 0 spiro atoms. The maximum atomic E-state index is 12.2. The molecule has 2 aromatic carbocycles. The third-order valence-corrected chi connectivity index (χ3v) is 3.55. The van der Waals surface area contributed by atoms with Gasteiger partial charge in [0.05, 0.1) is 18.5 Å². The first-order valence-electron chi connectivity index (χ1n) is 5.70. The van der Waals surface area contributed by atoms with Crippen LogP contribution >= 0.6 is 31.9 Å². The average Bonchev–Trinajstić information content (AvgIpc) is 2.40. The molecule has 0 atom stereocenters. The average molecular weight is 400 g/mol. The normalized spacial score (nSPS) is 10.2. The number of amides is 1. The highest BCUT2D eigenvalue weighted by Crippen LogP contribution is 2.26. The van der Waals surface area contributed by atoms with Crippen LogP contribution in [0.4, 0.5) is 11.4 Å². The summed E-state index contributed by atoms with van der Waals surface area (Å²) >= 11 is 6.70. The van der Waals surface area contributed by atoms with Gasteiger partial charge < -0.3 is 15.8 Å². The van der Waals surface area contributed by atoms with Gasteiger partial charge in [0.15, 0.2) is 0 Å². The van der Waals surface area contributed by atoms with Crippen molar-refractivity contribution in [1.82, 2.24) is 0 Å². The van der Waals surface area contributed by atoms with Gasteiger partial charge in [-0.05, 0) is 30.3 Å². The van der Waals surface area contributed by atoms with Crippen molar-refractivity contribution in [3.63, 3.8) is 0 Å². The smallest absolute Gasteiger partial charge is 0.255 e. The molecule has 6 heteroatoms. The third kappa shape index (κ3) is 3.52. The van der Waals surface area contributed by atoms with Crippen LogP contribution in [0.5, 0.6) is 5.75 Å².